The number of hydrogen-bond acceptors (Lipinski definition) is 4. The van der Waals surface area contributed by atoms with Crippen LogP contribution in [0.4, 0.5) is 13.2 Å². The van der Waals surface area contributed by atoms with Crippen LogP contribution in [0.25, 0.3) is 0 Å². The molecule has 0 radical (unpaired) electrons. The Balaban J connectivity index is 1.94. The molecule has 0 heterocycles. The largest absolute Gasteiger partial charge is 0.497 e. The predicted octanol–water partition coefficient (Wildman–Crippen LogP) is 5.72. The van der Waals surface area contributed by atoms with E-state index < -0.39 is 17.3 Å². The summed E-state index contributed by atoms with van der Waals surface area (Å²) < 4.78 is 50.3. The van der Waals surface area contributed by atoms with Crippen LogP contribution < -0.4 is 9.47 Å². The summed E-state index contributed by atoms with van der Waals surface area (Å²) in [5.74, 6) is 1.26. The van der Waals surface area contributed by atoms with Gasteiger partial charge in [0.25, 0.3) is 0 Å². The van der Waals surface area contributed by atoms with E-state index in [0.717, 1.165) is 31.8 Å². The molecule has 0 aliphatic heterocycles. The number of ether oxygens (including phenoxy) is 2. The van der Waals surface area contributed by atoms with E-state index in [1.54, 1.807) is 48.5 Å². The van der Waals surface area contributed by atoms with E-state index in [1.807, 2.05) is 0 Å². The van der Waals surface area contributed by atoms with Gasteiger partial charge in [-0.15, -0.1) is 0 Å². The molecule has 7 heteroatoms. The summed E-state index contributed by atoms with van der Waals surface area (Å²) in [6, 6.07) is 18.4. The second kappa shape index (κ2) is 10.9. The standard InChI is InChI=1S/C27H30F3NO3/c1-4-31(5-2)18-19-34-25-16-12-22(13-17-25)26(32,21-10-14-24(33-3)15-11-21)20-6-8-23(9-7-20)27(28,29)30/h6-17,32H,4-5,18-19H2,1-3H3. The fourth-order valence-electron chi connectivity index (χ4n) is 3.86. The maximum atomic E-state index is 13.1. The van der Waals surface area contributed by atoms with Crippen molar-refractivity contribution in [2.24, 2.45) is 0 Å². The quantitative estimate of drug-likeness (QED) is 0.383. The summed E-state index contributed by atoms with van der Waals surface area (Å²) in [4.78, 5) is 2.25. The number of alkyl halides is 3. The first-order valence-electron chi connectivity index (χ1n) is 11.2. The molecule has 0 amide bonds. The molecule has 182 valence electrons. The van der Waals surface area contributed by atoms with E-state index in [2.05, 4.69) is 18.7 Å². The van der Waals surface area contributed by atoms with Gasteiger partial charge in [0, 0.05) is 6.54 Å². The molecule has 1 unspecified atom stereocenters. The monoisotopic (exact) mass is 473 g/mol. The Hall–Kier alpha value is -3.03. The number of likely N-dealkylation sites (N-methyl/N-ethyl adjacent to an activating group) is 1. The van der Waals surface area contributed by atoms with Crippen molar-refractivity contribution in [3.8, 4) is 11.5 Å². The lowest BCUT2D eigenvalue weighted by molar-refractivity contribution is -0.137. The third kappa shape index (κ3) is 5.72. The molecular formula is C27H30F3NO3. The average molecular weight is 474 g/mol. The van der Waals surface area contributed by atoms with Gasteiger partial charge in [-0.1, -0.05) is 50.2 Å². The van der Waals surface area contributed by atoms with Crippen LogP contribution in [0.5, 0.6) is 11.5 Å². The molecule has 4 nitrogen and oxygen atoms in total. The van der Waals surface area contributed by atoms with Crippen LogP contribution >= 0.6 is 0 Å². The Morgan fingerprint density at radius 2 is 1.12 bits per heavy atom. The van der Waals surface area contributed by atoms with Gasteiger partial charge < -0.3 is 19.5 Å². The van der Waals surface area contributed by atoms with Crippen LogP contribution in [-0.2, 0) is 11.8 Å². The summed E-state index contributed by atoms with van der Waals surface area (Å²) in [5.41, 5.74) is -1.11. The van der Waals surface area contributed by atoms with Crippen molar-refractivity contribution in [1.82, 2.24) is 4.90 Å². The van der Waals surface area contributed by atoms with Crippen molar-refractivity contribution in [2.75, 3.05) is 33.4 Å². The third-order valence-electron chi connectivity index (χ3n) is 5.98. The van der Waals surface area contributed by atoms with E-state index in [1.165, 1.54) is 19.2 Å². The Morgan fingerprint density at radius 1 is 0.706 bits per heavy atom. The average Bonchev–Trinajstić information content (AvgIpc) is 2.86. The molecule has 3 rings (SSSR count). The smallest absolute Gasteiger partial charge is 0.416 e. The van der Waals surface area contributed by atoms with E-state index >= 15 is 0 Å². The summed E-state index contributed by atoms with van der Waals surface area (Å²) in [7, 11) is 1.54. The molecule has 3 aromatic rings. The van der Waals surface area contributed by atoms with Gasteiger partial charge in [0.2, 0.25) is 0 Å². The molecule has 0 fully saturated rings. The zero-order valence-corrected chi connectivity index (χ0v) is 19.6. The number of hydrogen-bond donors (Lipinski definition) is 1. The number of methoxy groups -OCH3 is 1. The third-order valence-corrected chi connectivity index (χ3v) is 5.98. The van der Waals surface area contributed by atoms with E-state index in [9.17, 15) is 18.3 Å². The van der Waals surface area contributed by atoms with Gasteiger partial charge in [-0.05, 0) is 66.2 Å². The summed E-state index contributed by atoms with van der Waals surface area (Å²) in [6.45, 7) is 7.42. The summed E-state index contributed by atoms with van der Waals surface area (Å²) >= 11 is 0. The highest BCUT2D eigenvalue weighted by Gasteiger charge is 2.36. The number of rotatable bonds is 10. The molecule has 0 aliphatic rings. The van der Waals surface area contributed by atoms with Crippen molar-refractivity contribution in [3.63, 3.8) is 0 Å². The van der Waals surface area contributed by atoms with Crippen LogP contribution in [-0.4, -0.2) is 43.4 Å². The second-order valence-corrected chi connectivity index (χ2v) is 7.91. The normalized spacial score (nSPS) is 13.5. The second-order valence-electron chi connectivity index (χ2n) is 7.91. The van der Waals surface area contributed by atoms with Crippen molar-refractivity contribution in [1.29, 1.82) is 0 Å². The Labute approximate surface area is 198 Å². The molecule has 0 spiro atoms. The van der Waals surface area contributed by atoms with Gasteiger partial charge >= 0.3 is 6.18 Å². The minimum atomic E-state index is -4.46. The first-order valence-corrected chi connectivity index (χ1v) is 11.2. The maximum absolute atomic E-state index is 13.1. The van der Waals surface area contributed by atoms with Gasteiger partial charge in [0.05, 0.1) is 12.7 Å². The zero-order chi connectivity index (χ0) is 24.8. The fourth-order valence-corrected chi connectivity index (χ4v) is 3.86. The van der Waals surface area contributed by atoms with E-state index in [4.69, 9.17) is 9.47 Å². The molecule has 1 N–H and O–H groups in total. The number of aliphatic hydroxyl groups is 1. The van der Waals surface area contributed by atoms with E-state index in [0.29, 0.717) is 34.8 Å². The van der Waals surface area contributed by atoms with Crippen LogP contribution in [0.2, 0.25) is 0 Å². The van der Waals surface area contributed by atoms with Crippen LogP contribution in [0.3, 0.4) is 0 Å². The molecule has 0 saturated heterocycles. The zero-order valence-electron chi connectivity index (χ0n) is 19.6. The van der Waals surface area contributed by atoms with Crippen molar-refractivity contribution in [2.45, 2.75) is 25.6 Å². The highest BCUT2D eigenvalue weighted by atomic mass is 19.4. The van der Waals surface area contributed by atoms with Crippen molar-refractivity contribution < 1.29 is 27.8 Å². The van der Waals surface area contributed by atoms with Crippen molar-refractivity contribution in [3.05, 3.63) is 95.1 Å². The maximum Gasteiger partial charge on any atom is 0.416 e. The number of halogens is 3. The lowest BCUT2D eigenvalue weighted by Gasteiger charge is -2.30. The minimum absolute atomic E-state index is 0.320. The molecule has 0 aromatic heterocycles. The number of benzene rings is 3. The van der Waals surface area contributed by atoms with E-state index in [-0.39, 0.29) is 0 Å². The lowest BCUT2D eigenvalue weighted by Crippen LogP contribution is -2.29. The molecule has 3 aromatic carbocycles. The first kappa shape index (κ1) is 25.6. The Kier molecular flexibility index (Phi) is 8.23. The van der Waals surface area contributed by atoms with Crippen LogP contribution in [0.1, 0.15) is 36.1 Å². The molecule has 0 aliphatic carbocycles. The lowest BCUT2D eigenvalue weighted by atomic mass is 9.80. The fraction of sp³-hybridized carbons (Fsp3) is 0.333. The summed E-state index contributed by atoms with van der Waals surface area (Å²) in [5, 5.41) is 11.9. The van der Waals surface area contributed by atoms with Gasteiger partial charge in [0.1, 0.15) is 23.7 Å². The Morgan fingerprint density at radius 3 is 1.53 bits per heavy atom. The van der Waals surface area contributed by atoms with Crippen molar-refractivity contribution >= 4 is 0 Å². The number of nitrogens with zero attached hydrogens (tertiary/aromatic N) is 1. The Bertz CT molecular complexity index is 1030. The first-order chi connectivity index (χ1) is 16.2. The summed E-state index contributed by atoms with van der Waals surface area (Å²) in [6.07, 6.45) is -4.46. The topological polar surface area (TPSA) is 41.9 Å². The van der Waals surface area contributed by atoms with Gasteiger partial charge in [-0.2, -0.15) is 13.2 Å². The van der Waals surface area contributed by atoms with Gasteiger partial charge in [-0.25, -0.2) is 0 Å². The molecular weight excluding hydrogens is 443 g/mol. The molecule has 34 heavy (non-hydrogen) atoms. The molecule has 0 saturated carbocycles. The predicted molar refractivity (Wildman–Crippen MR) is 126 cm³/mol. The van der Waals surface area contributed by atoms with Gasteiger partial charge in [0.15, 0.2) is 0 Å². The highest BCUT2D eigenvalue weighted by Crippen LogP contribution is 2.39. The molecule has 1 atom stereocenters. The SMILES string of the molecule is CCN(CC)CCOc1ccc(C(O)(c2ccc(OC)cc2)c2ccc(C(F)(F)F)cc2)cc1. The minimum Gasteiger partial charge on any atom is -0.497 e. The van der Waals surface area contributed by atoms with Crippen LogP contribution in [0, 0.1) is 0 Å². The highest BCUT2D eigenvalue weighted by molar-refractivity contribution is 5.49. The molecule has 0 bridgehead atoms. The van der Waals surface area contributed by atoms with Gasteiger partial charge in [-0.3, -0.25) is 0 Å². The van der Waals surface area contributed by atoms with Crippen LogP contribution in [0.15, 0.2) is 72.8 Å².